The number of fused-ring (bicyclic) bond motifs is 1. The van der Waals surface area contributed by atoms with Gasteiger partial charge in [-0.1, -0.05) is 0 Å². The van der Waals surface area contributed by atoms with Crippen LogP contribution in [-0.4, -0.2) is 105 Å². The average Bonchev–Trinajstić information content (AvgIpc) is 3.45. The van der Waals surface area contributed by atoms with E-state index in [0.29, 0.717) is 41.1 Å². The summed E-state index contributed by atoms with van der Waals surface area (Å²) in [7, 11) is -21.7. The zero-order valence-corrected chi connectivity index (χ0v) is 32.5. The quantitative estimate of drug-likeness (QED) is 0.0329. The van der Waals surface area contributed by atoms with Crippen molar-refractivity contribution in [3.63, 3.8) is 0 Å². The summed E-state index contributed by atoms with van der Waals surface area (Å²) in [6.07, 6.45) is 0. The molecule has 0 saturated carbocycles. The highest BCUT2D eigenvalue weighted by Crippen LogP contribution is 2.50. The maximum absolute atomic E-state index is 12.5. The molecule has 0 fully saturated rings. The van der Waals surface area contributed by atoms with Crippen LogP contribution in [0.3, 0.4) is 0 Å². The Morgan fingerprint density at radius 2 is 1.11 bits per heavy atom. The number of hydrogen-bond donors (Lipinski definition) is 9. The van der Waals surface area contributed by atoms with Crippen molar-refractivity contribution in [3.05, 3.63) is 64.3 Å². The summed E-state index contributed by atoms with van der Waals surface area (Å²) in [5.74, 6) is -5.55. The molecule has 0 aliphatic rings. The largest absolute Gasteiger partial charge is 0.505 e. The third kappa shape index (κ3) is 9.42. The number of phenolic OH excluding ortho intramolecular Hbond substituents is 2. The fourth-order valence-corrected chi connectivity index (χ4v) is 7.65. The number of azo groups is 3. The molecular weight excluding hydrogens is 911 g/mol. The lowest BCUT2D eigenvalue weighted by atomic mass is 10.1. The molecule has 4 aromatic carbocycles. The Morgan fingerprint density at radius 1 is 0.656 bits per heavy atom. The van der Waals surface area contributed by atoms with Gasteiger partial charge in [-0.3, -0.25) is 28.3 Å². The van der Waals surface area contributed by atoms with Crippen molar-refractivity contribution in [2.75, 3.05) is 6.61 Å². The molecule has 5 rings (SSSR count). The van der Waals surface area contributed by atoms with Gasteiger partial charge in [0.2, 0.25) is 11.6 Å². The van der Waals surface area contributed by atoms with Gasteiger partial charge in [-0.05, 0) is 41.8 Å². The first-order chi connectivity index (χ1) is 28.1. The molecule has 0 aliphatic heterocycles. The second-order valence-corrected chi connectivity index (χ2v) is 17.1. The zero-order valence-electron chi connectivity index (χ0n) is 29.2. The van der Waals surface area contributed by atoms with E-state index in [9.17, 15) is 87.2 Å². The standard InChI is InChI=1S/C28H21N9O20S4/c38-6-5-36-27(41)23(24(35-36)28(42)43)34-29-12-1-3-14(16(9-12)58(46,47)48)30-32-21-18(60(52,53)54)7-11-8-19(61(55,56)57)22(26(40)20(11)25(21)39)33-31-15-4-2-13(37(44)45)10-17(15)59(49,50)51/h1-4,7-10,38-41H,5-6H2,(H,42,43)(H,46,47,48)(H,49,50,51)(H,52,53,54)(H,55,56,57)/b32-30+,33-31+,34-29+. The molecule has 61 heavy (non-hydrogen) atoms. The molecule has 322 valence electrons. The minimum Gasteiger partial charge on any atom is -0.505 e. The van der Waals surface area contributed by atoms with Gasteiger partial charge in [-0.25, -0.2) is 9.48 Å². The summed E-state index contributed by atoms with van der Waals surface area (Å²) in [5.41, 5.74) is -7.36. The Morgan fingerprint density at radius 3 is 1.56 bits per heavy atom. The first-order valence-electron chi connectivity index (χ1n) is 15.4. The van der Waals surface area contributed by atoms with Crippen molar-refractivity contribution in [2.24, 2.45) is 30.7 Å². The molecule has 29 nitrogen and oxygen atoms in total. The molecule has 5 aromatic rings. The Balaban J connectivity index is 1.70. The summed E-state index contributed by atoms with van der Waals surface area (Å²) in [6.45, 7) is -0.956. The number of aliphatic hydroxyl groups is 1. The molecule has 9 N–H and O–H groups in total. The number of rotatable bonds is 14. The van der Waals surface area contributed by atoms with Crippen LogP contribution in [0.15, 0.2) is 98.8 Å². The molecule has 0 amide bonds. The zero-order chi connectivity index (χ0) is 45.6. The SMILES string of the molecule is O=C(O)c1nn(CCO)c(O)c1/N=N/c1ccc(/N=N/c2c(S(=O)(=O)O)cc3cc(S(=O)(=O)O)c(/N=N/c4ccc([N+](=O)[O-])cc4S(=O)(=O)O)c(O)c3c2O)c(S(=O)(=O)O)c1. The van der Waals surface area contributed by atoms with E-state index in [1.807, 2.05) is 0 Å². The van der Waals surface area contributed by atoms with E-state index < -0.39 is 151 Å². The van der Waals surface area contributed by atoms with Gasteiger partial charge in [0.15, 0.2) is 17.2 Å². The molecule has 0 atom stereocenters. The Labute approximate surface area is 338 Å². The van der Waals surface area contributed by atoms with E-state index in [-0.39, 0.29) is 6.54 Å². The number of nitro groups is 1. The van der Waals surface area contributed by atoms with Crippen molar-refractivity contribution in [2.45, 2.75) is 26.1 Å². The van der Waals surface area contributed by atoms with Crippen LogP contribution >= 0.6 is 0 Å². The first kappa shape index (κ1) is 45.1. The minimum atomic E-state index is -5.55. The van der Waals surface area contributed by atoms with Gasteiger partial charge in [0, 0.05) is 12.1 Å². The summed E-state index contributed by atoms with van der Waals surface area (Å²) in [4.78, 5) is 16.4. The lowest BCUT2D eigenvalue weighted by Gasteiger charge is -2.13. The van der Waals surface area contributed by atoms with Crippen LogP contribution in [0.25, 0.3) is 10.8 Å². The molecular formula is C28H21N9O20S4. The lowest BCUT2D eigenvalue weighted by Crippen LogP contribution is -2.05. The summed E-state index contributed by atoms with van der Waals surface area (Å²) >= 11 is 0. The van der Waals surface area contributed by atoms with E-state index >= 15 is 0 Å². The van der Waals surface area contributed by atoms with Crippen LogP contribution < -0.4 is 0 Å². The molecule has 0 unspecified atom stereocenters. The highest BCUT2D eigenvalue weighted by atomic mass is 32.2. The van der Waals surface area contributed by atoms with Gasteiger partial charge in [0.1, 0.15) is 42.3 Å². The number of benzene rings is 4. The number of nitro benzene ring substituents is 1. The van der Waals surface area contributed by atoms with Crippen molar-refractivity contribution in [1.82, 2.24) is 9.78 Å². The van der Waals surface area contributed by atoms with Crippen LogP contribution in [0.5, 0.6) is 17.4 Å². The minimum absolute atomic E-state index is 0.332. The number of aromatic hydroxyl groups is 3. The van der Waals surface area contributed by atoms with Crippen molar-refractivity contribution in [3.8, 4) is 17.4 Å². The van der Waals surface area contributed by atoms with E-state index in [1.54, 1.807) is 0 Å². The number of aromatic nitrogens is 2. The van der Waals surface area contributed by atoms with Gasteiger partial charge in [0.05, 0.1) is 29.1 Å². The molecule has 33 heteroatoms. The highest BCUT2D eigenvalue weighted by Gasteiger charge is 2.30. The summed E-state index contributed by atoms with van der Waals surface area (Å²) < 4.78 is 138. The third-order valence-electron chi connectivity index (χ3n) is 7.66. The van der Waals surface area contributed by atoms with Gasteiger partial charge in [0.25, 0.3) is 46.2 Å². The maximum atomic E-state index is 12.5. The average molecular weight is 932 g/mol. The number of carboxylic acids is 1. The topological polar surface area (TPSA) is 471 Å². The lowest BCUT2D eigenvalue weighted by molar-refractivity contribution is -0.385. The number of hydrogen-bond acceptors (Lipinski definition) is 22. The molecule has 1 aromatic heterocycles. The van der Waals surface area contributed by atoms with Crippen LogP contribution in [0.2, 0.25) is 0 Å². The van der Waals surface area contributed by atoms with Crippen LogP contribution in [-0.2, 0) is 47.0 Å². The fourth-order valence-electron chi connectivity index (χ4n) is 5.05. The van der Waals surface area contributed by atoms with Crippen molar-refractivity contribution >= 4 is 97.0 Å². The number of carbonyl (C=O) groups is 1. The van der Waals surface area contributed by atoms with E-state index in [2.05, 4.69) is 35.8 Å². The number of aromatic carboxylic acids is 1. The first-order valence-corrected chi connectivity index (χ1v) is 21.2. The molecule has 0 aliphatic carbocycles. The summed E-state index contributed by atoms with van der Waals surface area (Å²) in [5, 5.41) is 84.9. The van der Waals surface area contributed by atoms with Gasteiger partial charge < -0.3 is 25.5 Å². The maximum Gasteiger partial charge on any atom is 0.358 e. The number of non-ortho nitro benzene ring substituents is 1. The highest BCUT2D eigenvalue weighted by molar-refractivity contribution is 7.86. The van der Waals surface area contributed by atoms with Gasteiger partial charge in [-0.15, -0.1) is 25.6 Å². The molecule has 0 saturated heterocycles. The number of nitrogens with zero attached hydrogens (tertiary/aromatic N) is 9. The molecule has 1 heterocycles. The second kappa shape index (κ2) is 16.2. The third-order valence-corrected chi connectivity index (χ3v) is 11.2. The Kier molecular flexibility index (Phi) is 12.0. The molecule has 0 spiro atoms. The van der Waals surface area contributed by atoms with Gasteiger partial charge >= 0.3 is 5.97 Å². The van der Waals surface area contributed by atoms with Crippen LogP contribution in [0.4, 0.5) is 39.8 Å². The van der Waals surface area contributed by atoms with Crippen LogP contribution in [0.1, 0.15) is 10.5 Å². The normalized spacial score (nSPS) is 12.9. The Bertz CT molecular complexity index is 3260. The van der Waals surface area contributed by atoms with Gasteiger partial charge in [-0.2, -0.15) is 43.9 Å². The predicted molar refractivity (Wildman–Crippen MR) is 197 cm³/mol. The van der Waals surface area contributed by atoms with E-state index in [0.717, 1.165) is 12.1 Å². The number of phenols is 2. The predicted octanol–water partition coefficient (Wildman–Crippen LogP) is 3.98. The van der Waals surface area contributed by atoms with E-state index in [4.69, 9.17) is 5.11 Å². The number of aliphatic hydroxyl groups excluding tert-OH is 1. The molecule has 0 bridgehead atoms. The monoisotopic (exact) mass is 931 g/mol. The van der Waals surface area contributed by atoms with E-state index in [1.165, 1.54) is 0 Å². The Hall–Kier alpha value is -6.98. The van der Waals surface area contributed by atoms with Crippen molar-refractivity contribution < 1.29 is 87.1 Å². The summed E-state index contributed by atoms with van der Waals surface area (Å²) in [6, 6.07) is 4.58. The fraction of sp³-hybridized carbons (Fsp3) is 0.0714. The molecule has 0 radical (unpaired) electrons. The smallest absolute Gasteiger partial charge is 0.358 e. The second-order valence-electron chi connectivity index (χ2n) is 11.6. The van der Waals surface area contributed by atoms with Crippen LogP contribution in [0, 0.1) is 10.1 Å². The number of carboxylic acid groups (broad SMARTS) is 1. The van der Waals surface area contributed by atoms with Crippen molar-refractivity contribution in [1.29, 1.82) is 0 Å².